The maximum Gasteiger partial charge on any atom is 0.419 e. The molecule has 0 saturated carbocycles. The summed E-state index contributed by atoms with van der Waals surface area (Å²) < 4.78 is 51.4. The summed E-state index contributed by atoms with van der Waals surface area (Å²) in [4.78, 5) is 11.4. The molecule has 1 aromatic rings. The van der Waals surface area contributed by atoms with E-state index in [2.05, 4.69) is 5.32 Å². The van der Waals surface area contributed by atoms with Crippen LogP contribution in [-0.2, 0) is 11.0 Å². The molecule has 1 amide bonds. The number of benzene rings is 1. The Bertz CT molecular complexity index is 516. The number of nitrogens with two attached hydrogens (primary N) is 1. The molecule has 7 heteroatoms. The fraction of sp³-hybridized carbons (Fsp3) is 0.462. The van der Waals surface area contributed by atoms with Crippen molar-refractivity contribution in [3.63, 3.8) is 0 Å². The molecule has 0 radical (unpaired) electrons. The zero-order valence-corrected chi connectivity index (χ0v) is 10.5. The number of nitrogens with one attached hydrogen (secondary N) is 1. The minimum absolute atomic E-state index is 0.224. The molecule has 2 unspecified atom stereocenters. The first-order valence-corrected chi connectivity index (χ1v) is 6.20. The van der Waals surface area contributed by atoms with Crippen molar-refractivity contribution in [2.45, 2.75) is 25.1 Å². The van der Waals surface area contributed by atoms with E-state index < -0.39 is 35.4 Å². The molecule has 3 N–H and O–H groups in total. The largest absolute Gasteiger partial charge is 0.419 e. The van der Waals surface area contributed by atoms with E-state index in [1.165, 1.54) is 6.07 Å². The van der Waals surface area contributed by atoms with Gasteiger partial charge in [-0.2, -0.15) is 13.2 Å². The van der Waals surface area contributed by atoms with Gasteiger partial charge in [-0.3, -0.25) is 4.79 Å². The summed E-state index contributed by atoms with van der Waals surface area (Å²) >= 11 is 0. The third kappa shape index (κ3) is 2.92. The van der Waals surface area contributed by atoms with Gasteiger partial charge in [0.1, 0.15) is 5.82 Å². The van der Waals surface area contributed by atoms with Gasteiger partial charge >= 0.3 is 6.18 Å². The second-order valence-corrected chi connectivity index (χ2v) is 4.82. The maximum absolute atomic E-state index is 13.3. The summed E-state index contributed by atoms with van der Waals surface area (Å²) in [6.07, 6.45) is -3.54. The summed E-state index contributed by atoms with van der Waals surface area (Å²) in [6, 6.07) is 2.16. The van der Waals surface area contributed by atoms with E-state index in [0.29, 0.717) is 13.0 Å². The Labute approximate surface area is 113 Å². The normalized spacial score (nSPS) is 23.6. The average Bonchev–Trinajstić information content (AvgIpc) is 2.38. The number of carbonyl (C=O) groups excluding carboxylic acids is 1. The number of rotatable bonds is 2. The Balaban J connectivity index is 2.39. The van der Waals surface area contributed by atoms with Gasteiger partial charge in [0, 0.05) is 6.04 Å². The lowest BCUT2D eigenvalue weighted by atomic mass is 9.85. The number of halogens is 4. The van der Waals surface area contributed by atoms with Crippen LogP contribution in [0.1, 0.15) is 30.0 Å². The van der Waals surface area contributed by atoms with Crippen molar-refractivity contribution in [3.05, 3.63) is 35.1 Å². The Hall–Kier alpha value is -1.63. The first kappa shape index (κ1) is 14.8. The van der Waals surface area contributed by atoms with E-state index in [9.17, 15) is 22.4 Å². The predicted octanol–water partition coefficient (Wildman–Crippen LogP) is 2.37. The van der Waals surface area contributed by atoms with Crippen molar-refractivity contribution >= 4 is 5.91 Å². The van der Waals surface area contributed by atoms with Gasteiger partial charge < -0.3 is 11.1 Å². The number of primary amides is 1. The fourth-order valence-corrected chi connectivity index (χ4v) is 2.50. The van der Waals surface area contributed by atoms with Crippen LogP contribution in [0.4, 0.5) is 17.6 Å². The van der Waals surface area contributed by atoms with E-state index in [-0.39, 0.29) is 5.56 Å². The smallest absolute Gasteiger partial charge is 0.369 e. The summed E-state index contributed by atoms with van der Waals surface area (Å²) in [6.45, 7) is 0.577. The first-order chi connectivity index (χ1) is 9.30. The van der Waals surface area contributed by atoms with Crippen LogP contribution in [0.5, 0.6) is 0 Å². The zero-order chi connectivity index (χ0) is 14.9. The molecule has 20 heavy (non-hydrogen) atoms. The van der Waals surface area contributed by atoms with E-state index >= 15 is 0 Å². The van der Waals surface area contributed by atoms with Gasteiger partial charge in [0.15, 0.2) is 0 Å². The Morgan fingerprint density at radius 1 is 1.35 bits per heavy atom. The van der Waals surface area contributed by atoms with Crippen molar-refractivity contribution in [2.75, 3.05) is 6.54 Å². The van der Waals surface area contributed by atoms with Gasteiger partial charge in [-0.05, 0) is 37.1 Å². The first-order valence-electron chi connectivity index (χ1n) is 6.20. The van der Waals surface area contributed by atoms with Crippen molar-refractivity contribution in [2.24, 2.45) is 11.7 Å². The monoisotopic (exact) mass is 290 g/mol. The molecule has 0 aromatic heterocycles. The Morgan fingerprint density at radius 3 is 2.65 bits per heavy atom. The van der Waals surface area contributed by atoms with Gasteiger partial charge in [-0.15, -0.1) is 0 Å². The number of alkyl halides is 3. The van der Waals surface area contributed by atoms with Gasteiger partial charge in [0.05, 0.1) is 11.5 Å². The highest BCUT2D eigenvalue weighted by Gasteiger charge is 2.36. The van der Waals surface area contributed by atoms with Crippen molar-refractivity contribution in [1.82, 2.24) is 5.32 Å². The van der Waals surface area contributed by atoms with Gasteiger partial charge in [0.25, 0.3) is 0 Å². The summed E-state index contributed by atoms with van der Waals surface area (Å²) in [5.41, 5.74) is 4.17. The SMILES string of the molecule is NC(=O)C1CCCNC1c1ccc(F)c(C(F)(F)F)c1. The lowest BCUT2D eigenvalue weighted by Crippen LogP contribution is -2.41. The highest BCUT2D eigenvalue weighted by Crippen LogP contribution is 2.35. The molecular weight excluding hydrogens is 276 g/mol. The number of piperidine rings is 1. The van der Waals surface area contributed by atoms with Crippen LogP contribution in [0.15, 0.2) is 18.2 Å². The lowest BCUT2D eigenvalue weighted by molar-refractivity contribution is -0.140. The van der Waals surface area contributed by atoms with Gasteiger partial charge in [-0.1, -0.05) is 6.07 Å². The number of hydrogen-bond acceptors (Lipinski definition) is 2. The summed E-state index contributed by atoms with van der Waals surface area (Å²) in [7, 11) is 0. The number of carbonyl (C=O) groups is 1. The highest BCUT2D eigenvalue weighted by molar-refractivity contribution is 5.77. The van der Waals surface area contributed by atoms with E-state index in [4.69, 9.17) is 5.73 Å². The molecule has 0 bridgehead atoms. The second-order valence-electron chi connectivity index (χ2n) is 4.82. The molecule has 1 aliphatic heterocycles. The second kappa shape index (κ2) is 5.40. The van der Waals surface area contributed by atoms with Crippen molar-refractivity contribution in [1.29, 1.82) is 0 Å². The maximum atomic E-state index is 13.3. The molecule has 2 rings (SSSR count). The van der Waals surface area contributed by atoms with Crippen molar-refractivity contribution < 1.29 is 22.4 Å². The van der Waals surface area contributed by atoms with Crippen LogP contribution >= 0.6 is 0 Å². The lowest BCUT2D eigenvalue weighted by Gasteiger charge is -2.31. The van der Waals surface area contributed by atoms with E-state index in [1.54, 1.807) is 0 Å². The minimum atomic E-state index is -4.77. The van der Waals surface area contributed by atoms with Crippen LogP contribution in [0.3, 0.4) is 0 Å². The van der Waals surface area contributed by atoms with E-state index in [1.807, 2.05) is 0 Å². The third-order valence-corrected chi connectivity index (χ3v) is 3.48. The van der Waals surface area contributed by atoms with Crippen molar-refractivity contribution in [3.8, 4) is 0 Å². The third-order valence-electron chi connectivity index (χ3n) is 3.48. The minimum Gasteiger partial charge on any atom is -0.369 e. The molecule has 0 spiro atoms. The zero-order valence-electron chi connectivity index (χ0n) is 10.5. The van der Waals surface area contributed by atoms with Gasteiger partial charge in [0.2, 0.25) is 5.91 Å². The predicted molar refractivity (Wildman–Crippen MR) is 64.1 cm³/mol. The Kier molecular flexibility index (Phi) is 3.99. The molecule has 1 saturated heterocycles. The Morgan fingerprint density at radius 2 is 2.05 bits per heavy atom. The standard InChI is InChI=1S/C13H14F4N2O/c14-10-4-3-7(6-9(10)13(15,16)17)11-8(12(18)20)2-1-5-19-11/h3-4,6,8,11,19H,1-2,5H2,(H2,18,20). The molecule has 1 fully saturated rings. The fourth-order valence-electron chi connectivity index (χ4n) is 2.50. The quantitative estimate of drug-likeness (QED) is 0.822. The summed E-state index contributed by atoms with van der Waals surface area (Å²) in [5.74, 6) is -2.48. The average molecular weight is 290 g/mol. The molecule has 0 aliphatic carbocycles. The molecule has 1 aromatic carbocycles. The molecule has 1 heterocycles. The molecule has 3 nitrogen and oxygen atoms in total. The van der Waals surface area contributed by atoms with Crippen LogP contribution in [0.2, 0.25) is 0 Å². The number of amides is 1. The van der Waals surface area contributed by atoms with Gasteiger partial charge in [-0.25, -0.2) is 4.39 Å². The van der Waals surface area contributed by atoms with E-state index in [0.717, 1.165) is 18.6 Å². The van der Waals surface area contributed by atoms with Crippen LogP contribution in [0.25, 0.3) is 0 Å². The molecule has 1 aliphatic rings. The van der Waals surface area contributed by atoms with Crippen LogP contribution in [0, 0.1) is 11.7 Å². The van der Waals surface area contributed by atoms with Crippen LogP contribution < -0.4 is 11.1 Å². The number of hydrogen-bond donors (Lipinski definition) is 2. The molecule has 110 valence electrons. The molecule has 2 atom stereocenters. The molecular formula is C13H14F4N2O. The topological polar surface area (TPSA) is 55.1 Å². The summed E-state index contributed by atoms with van der Waals surface area (Å²) in [5, 5.41) is 2.97. The highest BCUT2D eigenvalue weighted by atomic mass is 19.4. The van der Waals surface area contributed by atoms with Crippen LogP contribution in [-0.4, -0.2) is 12.5 Å².